The fourth-order valence-corrected chi connectivity index (χ4v) is 10.9. The lowest BCUT2D eigenvalue weighted by atomic mass is 9.66. The van der Waals surface area contributed by atoms with Crippen LogP contribution < -0.4 is 4.90 Å². The van der Waals surface area contributed by atoms with Gasteiger partial charge in [-0.05, 0) is 121 Å². The minimum Gasteiger partial charge on any atom is -0.388 e. The van der Waals surface area contributed by atoms with Gasteiger partial charge < -0.3 is 43.4 Å². The van der Waals surface area contributed by atoms with Crippen LogP contribution in [0.4, 0.5) is 0 Å². The first-order valence-corrected chi connectivity index (χ1v) is 18.9. The van der Waals surface area contributed by atoms with E-state index >= 15 is 0 Å². The van der Waals surface area contributed by atoms with Crippen molar-refractivity contribution in [1.82, 2.24) is 4.90 Å². The first-order chi connectivity index (χ1) is 22.3. The maximum absolute atomic E-state index is 11.5. The Labute approximate surface area is 278 Å². The third-order valence-electron chi connectivity index (χ3n) is 13.7. The van der Waals surface area contributed by atoms with E-state index in [0.29, 0.717) is 35.6 Å². The summed E-state index contributed by atoms with van der Waals surface area (Å²) in [5, 5.41) is 11.5. The van der Waals surface area contributed by atoms with E-state index in [1.54, 1.807) is 19.1 Å². The Hall–Kier alpha value is -0.650. The molecule has 2 N–H and O–H groups in total. The number of nitrogens with one attached hydrogen (secondary N) is 1. The molecule has 14 atom stereocenters. The number of carbonyl (C=O) groups excluding carboxylic acids is 1. The molecule has 264 valence electrons. The molecule has 9 heteroatoms. The van der Waals surface area contributed by atoms with Crippen LogP contribution in [0.3, 0.4) is 0 Å². The molecule has 4 aliphatic carbocycles. The molecule has 0 radical (unpaired) electrons. The van der Waals surface area contributed by atoms with Gasteiger partial charge >= 0.3 is 0 Å². The van der Waals surface area contributed by atoms with E-state index in [1.807, 2.05) is 7.11 Å². The zero-order chi connectivity index (χ0) is 32.4. The molecule has 4 saturated carbocycles. The minimum atomic E-state index is -0.591. The molecule has 0 spiro atoms. The summed E-state index contributed by atoms with van der Waals surface area (Å²) in [6.45, 7) is 3.40. The number of piperidine rings is 2. The fourth-order valence-electron chi connectivity index (χ4n) is 10.9. The van der Waals surface area contributed by atoms with Gasteiger partial charge in [-0.1, -0.05) is 0 Å². The van der Waals surface area contributed by atoms with E-state index in [-0.39, 0.29) is 48.6 Å². The quantitative estimate of drug-likeness (QED) is 0.350. The second-order valence-corrected chi connectivity index (χ2v) is 16.3. The van der Waals surface area contributed by atoms with E-state index in [1.165, 1.54) is 38.6 Å². The van der Waals surface area contributed by atoms with Crippen LogP contribution in [0, 0.1) is 35.5 Å². The predicted molar refractivity (Wildman–Crippen MR) is 176 cm³/mol. The summed E-state index contributed by atoms with van der Waals surface area (Å²) >= 11 is 0. The Morgan fingerprint density at radius 1 is 0.761 bits per heavy atom. The molecule has 6 aliphatic rings. The number of ether oxygens (including phenoxy) is 5. The second kappa shape index (κ2) is 15.9. The summed E-state index contributed by atoms with van der Waals surface area (Å²) in [7, 11) is 9.99. The van der Waals surface area contributed by atoms with Crippen LogP contribution in [0.25, 0.3) is 0 Å². The number of aliphatic hydroxyl groups excluding tert-OH is 1. The van der Waals surface area contributed by atoms with Crippen molar-refractivity contribution in [3.05, 3.63) is 0 Å². The standard InChI is InChI=1S/C37H64N2O7/c1-38-14-12-26-19-35(44-5)36(41)37(29(26)21-38)46-34-20-28-25(18-32(34)43-4)13-15-39(2)30(28)16-23-6-9-27(10-7-23)45-33-17-24(22-40)8-11-31(33)42-3/h22-37,41H,6-21H2,1-5H3/p+1. The number of nitrogens with zero attached hydrogens (tertiary/aromatic N) is 1. The minimum absolute atomic E-state index is 0.00180. The van der Waals surface area contributed by atoms with Crippen molar-refractivity contribution in [1.29, 1.82) is 0 Å². The van der Waals surface area contributed by atoms with Crippen molar-refractivity contribution in [2.45, 2.75) is 138 Å². The molecular formula is C37H65N2O7+. The topological polar surface area (TPSA) is 91.1 Å². The summed E-state index contributed by atoms with van der Waals surface area (Å²) in [4.78, 5) is 15.7. The molecular weight excluding hydrogens is 584 g/mol. The zero-order valence-corrected chi connectivity index (χ0v) is 29.4. The number of likely N-dealkylation sites (tertiary alicyclic amines) is 2. The molecule has 46 heavy (non-hydrogen) atoms. The molecule has 14 unspecified atom stereocenters. The molecule has 0 amide bonds. The monoisotopic (exact) mass is 649 g/mol. The fraction of sp³-hybridized carbons (Fsp3) is 0.973. The number of hydrogen-bond donors (Lipinski definition) is 2. The van der Waals surface area contributed by atoms with Crippen LogP contribution in [-0.2, 0) is 28.5 Å². The summed E-state index contributed by atoms with van der Waals surface area (Å²) < 4.78 is 31.5. The van der Waals surface area contributed by atoms with Crippen molar-refractivity contribution < 1.29 is 38.5 Å². The SMILES string of the molecule is COC1CCC(C=O)CC1OC1CCC(CC2C3CC(OC4C(O)C(OC)CC5CC[NH+](C)CC54)C(OC)CC3CCN2C)CC1. The van der Waals surface area contributed by atoms with Gasteiger partial charge in [0.2, 0.25) is 0 Å². The normalized spacial score (nSPS) is 48.7. The van der Waals surface area contributed by atoms with E-state index in [4.69, 9.17) is 23.7 Å². The smallest absolute Gasteiger partial charge is 0.123 e. The maximum Gasteiger partial charge on any atom is 0.123 e. The molecule has 2 heterocycles. The maximum atomic E-state index is 11.5. The molecule has 0 bridgehead atoms. The summed E-state index contributed by atoms with van der Waals surface area (Å²) in [5.41, 5.74) is 0. The third kappa shape index (κ3) is 7.72. The van der Waals surface area contributed by atoms with Gasteiger partial charge in [0.1, 0.15) is 12.4 Å². The number of carbonyl (C=O) groups is 1. The van der Waals surface area contributed by atoms with Gasteiger partial charge in [-0.3, -0.25) is 0 Å². The molecule has 2 saturated heterocycles. The van der Waals surface area contributed by atoms with Crippen LogP contribution in [0.2, 0.25) is 0 Å². The van der Waals surface area contributed by atoms with E-state index in [0.717, 1.165) is 70.7 Å². The van der Waals surface area contributed by atoms with E-state index in [9.17, 15) is 9.90 Å². The molecule has 9 nitrogen and oxygen atoms in total. The van der Waals surface area contributed by atoms with Gasteiger partial charge in [-0.2, -0.15) is 0 Å². The Bertz CT molecular complexity index is 964. The Morgan fingerprint density at radius 2 is 1.46 bits per heavy atom. The summed E-state index contributed by atoms with van der Waals surface area (Å²) in [5.74, 6) is 2.99. The Kier molecular flexibility index (Phi) is 12.2. The molecule has 0 aromatic carbocycles. The lowest BCUT2D eigenvalue weighted by molar-refractivity contribution is -0.891. The van der Waals surface area contributed by atoms with Crippen molar-refractivity contribution in [2.24, 2.45) is 35.5 Å². The highest BCUT2D eigenvalue weighted by Gasteiger charge is 2.52. The average Bonchev–Trinajstić information content (AvgIpc) is 3.07. The van der Waals surface area contributed by atoms with Gasteiger partial charge in [0.05, 0.1) is 62.9 Å². The summed E-state index contributed by atoms with van der Waals surface area (Å²) in [6.07, 6.45) is 14.6. The lowest BCUT2D eigenvalue weighted by Gasteiger charge is -2.53. The first-order valence-electron chi connectivity index (χ1n) is 18.9. The molecule has 6 fully saturated rings. The highest BCUT2D eigenvalue weighted by Crippen LogP contribution is 2.46. The van der Waals surface area contributed by atoms with Gasteiger partial charge in [0.25, 0.3) is 0 Å². The van der Waals surface area contributed by atoms with Gasteiger partial charge in [0, 0.05) is 39.2 Å². The number of quaternary nitrogens is 1. The van der Waals surface area contributed by atoms with Crippen molar-refractivity contribution in [2.75, 3.05) is 55.1 Å². The Balaban J connectivity index is 1.08. The average molecular weight is 650 g/mol. The van der Waals surface area contributed by atoms with Crippen molar-refractivity contribution in [3.8, 4) is 0 Å². The number of aldehydes is 1. The van der Waals surface area contributed by atoms with Crippen LogP contribution in [0.1, 0.15) is 83.5 Å². The van der Waals surface area contributed by atoms with Gasteiger partial charge in [-0.25, -0.2) is 0 Å². The molecule has 2 aliphatic heterocycles. The number of aliphatic hydroxyl groups is 1. The zero-order valence-electron chi connectivity index (χ0n) is 29.4. The number of rotatable bonds is 10. The van der Waals surface area contributed by atoms with Crippen LogP contribution in [0.5, 0.6) is 0 Å². The first kappa shape index (κ1) is 35.2. The number of methoxy groups -OCH3 is 3. The molecule has 6 rings (SSSR count). The number of hydrogen-bond acceptors (Lipinski definition) is 8. The molecule has 0 aromatic rings. The van der Waals surface area contributed by atoms with Crippen LogP contribution in [0.15, 0.2) is 0 Å². The Morgan fingerprint density at radius 3 is 2.17 bits per heavy atom. The van der Waals surface area contributed by atoms with Crippen LogP contribution >= 0.6 is 0 Å². The molecule has 0 aromatic heterocycles. The summed E-state index contributed by atoms with van der Waals surface area (Å²) in [6, 6.07) is 0.552. The number of fused-ring (bicyclic) bond motifs is 2. The van der Waals surface area contributed by atoms with Gasteiger partial charge in [0.15, 0.2) is 0 Å². The van der Waals surface area contributed by atoms with E-state index in [2.05, 4.69) is 19.0 Å². The third-order valence-corrected chi connectivity index (χ3v) is 13.7. The van der Waals surface area contributed by atoms with Gasteiger partial charge in [-0.15, -0.1) is 0 Å². The predicted octanol–water partition coefficient (Wildman–Crippen LogP) is 2.76. The van der Waals surface area contributed by atoms with Crippen LogP contribution in [-0.4, -0.2) is 126 Å². The largest absolute Gasteiger partial charge is 0.388 e. The van der Waals surface area contributed by atoms with Crippen molar-refractivity contribution >= 4 is 6.29 Å². The highest BCUT2D eigenvalue weighted by atomic mass is 16.6. The highest BCUT2D eigenvalue weighted by molar-refractivity contribution is 5.53. The van der Waals surface area contributed by atoms with Crippen molar-refractivity contribution in [3.63, 3.8) is 0 Å². The lowest BCUT2D eigenvalue weighted by Crippen LogP contribution is -3.11. The van der Waals surface area contributed by atoms with E-state index < -0.39 is 6.10 Å². The second-order valence-electron chi connectivity index (χ2n) is 16.3.